The van der Waals surface area contributed by atoms with Crippen LogP contribution in [0.1, 0.15) is 32.4 Å². The Morgan fingerprint density at radius 2 is 1.50 bits per heavy atom. The second kappa shape index (κ2) is 5.59. The third-order valence-corrected chi connectivity index (χ3v) is 2.99. The second-order valence-corrected chi connectivity index (χ2v) is 5.48. The normalized spacial score (nSPS) is 15.1. The van der Waals surface area contributed by atoms with Crippen molar-refractivity contribution in [3.8, 4) is 11.5 Å². The molecule has 0 radical (unpaired) electrons. The van der Waals surface area contributed by atoms with Crippen LogP contribution in [-0.2, 0) is 0 Å². The van der Waals surface area contributed by atoms with Crippen molar-refractivity contribution in [2.45, 2.75) is 32.9 Å². The van der Waals surface area contributed by atoms with E-state index in [2.05, 4.69) is 0 Å². The molecule has 0 bridgehead atoms. The molecule has 1 rings (SSSR count). The van der Waals surface area contributed by atoms with Gasteiger partial charge in [-0.2, -0.15) is 0 Å². The lowest BCUT2D eigenvalue weighted by molar-refractivity contribution is 0.0400. The van der Waals surface area contributed by atoms with Gasteiger partial charge in [0.05, 0.1) is 26.4 Å². The Morgan fingerprint density at radius 1 is 1.06 bits per heavy atom. The first-order chi connectivity index (χ1) is 8.29. The van der Waals surface area contributed by atoms with Crippen LogP contribution in [0.3, 0.4) is 0 Å². The van der Waals surface area contributed by atoms with E-state index in [1.165, 1.54) is 0 Å². The molecule has 0 unspecified atom stereocenters. The molecule has 2 atom stereocenters. The second-order valence-electron chi connectivity index (χ2n) is 5.48. The molecule has 3 N–H and O–H groups in total. The van der Waals surface area contributed by atoms with Crippen LogP contribution in [0.4, 0.5) is 0 Å². The van der Waals surface area contributed by atoms with Crippen LogP contribution in [0.25, 0.3) is 0 Å². The highest BCUT2D eigenvalue weighted by Crippen LogP contribution is 2.32. The zero-order valence-corrected chi connectivity index (χ0v) is 11.7. The van der Waals surface area contributed by atoms with Crippen molar-refractivity contribution in [2.75, 3.05) is 14.2 Å². The molecule has 0 aromatic heterocycles. The highest BCUT2D eigenvalue weighted by molar-refractivity contribution is 5.40. The third kappa shape index (κ3) is 3.37. The Hall–Kier alpha value is -1.26. The number of hydrogen-bond donors (Lipinski definition) is 2. The molecule has 0 spiro atoms. The van der Waals surface area contributed by atoms with Gasteiger partial charge >= 0.3 is 0 Å². The fraction of sp³-hybridized carbons (Fsp3) is 0.571. The van der Waals surface area contributed by atoms with Crippen molar-refractivity contribution in [2.24, 2.45) is 11.1 Å². The summed E-state index contributed by atoms with van der Waals surface area (Å²) in [5.74, 6) is 1.34. The van der Waals surface area contributed by atoms with Gasteiger partial charge in [0, 0.05) is 6.07 Å². The number of hydrogen-bond acceptors (Lipinski definition) is 4. The van der Waals surface area contributed by atoms with Gasteiger partial charge in [-0.05, 0) is 23.1 Å². The minimum atomic E-state index is -0.644. The largest absolute Gasteiger partial charge is 0.497 e. The topological polar surface area (TPSA) is 64.7 Å². The van der Waals surface area contributed by atoms with Crippen LogP contribution in [0.2, 0.25) is 0 Å². The van der Waals surface area contributed by atoms with E-state index in [0.717, 1.165) is 5.56 Å². The summed E-state index contributed by atoms with van der Waals surface area (Å²) in [6.45, 7) is 5.86. The standard InChI is InChI=1S/C14H23NO3/c1-14(2,3)13(16)12(15)9-6-10(17-4)8-11(7-9)18-5/h6-8,12-13,16H,15H2,1-5H3/t12-,13-/m1/s1. The van der Waals surface area contributed by atoms with E-state index in [1.54, 1.807) is 20.3 Å². The molecule has 0 aliphatic rings. The Labute approximate surface area is 109 Å². The molecular formula is C14H23NO3. The molecule has 0 amide bonds. The average Bonchev–Trinajstić information content (AvgIpc) is 2.35. The van der Waals surface area contributed by atoms with Crippen LogP contribution in [-0.4, -0.2) is 25.4 Å². The van der Waals surface area contributed by atoms with Gasteiger partial charge in [-0.25, -0.2) is 0 Å². The van der Waals surface area contributed by atoms with Gasteiger partial charge in [0.1, 0.15) is 11.5 Å². The predicted molar refractivity (Wildman–Crippen MR) is 71.9 cm³/mol. The summed E-state index contributed by atoms with van der Waals surface area (Å²) in [5, 5.41) is 10.2. The lowest BCUT2D eigenvalue weighted by atomic mass is 9.82. The summed E-state index contributed by atoms with van der Waals surface area (Å²) in [7, 11) is 3.18. The number of aliphatic hydroxyl groups is 1. The van der Waals surface area contributed by atoms with E-state index in [-0.39, 0.29) is 5.41 Å². The van der Waals surface area contributed by atoms with Gasteiger partial charge in [0.2, 0.25) is 0 Å². The zero-order valence-electron chi connectivity index (χ0n) is 11.7. The number of benzene rings is 1. The minimum Gasteiger partial charge on any atom is -0.497 e. The fourth-order valence-corrected chi connectivity index (χ4v) is 1.74. The minimum absolute atomic E-state index is 0.282. The molecule has 0 saturated carbocycles. The van der Waals surface area contributed by atoms with Crippen LogP contribution in [0.5, 0.6) is 11.5 Å². The monoisotopic (exact) mass is 253 g/mol. The zero-order chi connectivity index (χ0) is 13.9. The van der Waals surface area contributed by atoms with Gasteiger partial charge in [0.15, 0.2) is 0 Å². The molecular weight excluding hydrogens is 230 g/mol. The molecule has 0 aliphatic carbocycles. The van der Waals surface area contributed by atoms with Gasteiger partial charge < -0.3 is 20.3 Å². The van der Waals surface area contributed by atoms with Crippen molar-refractivity contribution < 1.29 is 14.6 Å². The van der Waals surface area contributed by atoms with E-state index in [9.17, 15) is 5.11 Å². The molecule has 102 valence electrons. The number of nitrogens with two attached hydrogens (primary N) is 1. The van der Waals surface area contributed by atoms with E-state index in [4.69, 9.17) is 15.2 Å². The van der Waals surface area contributed by atoms with Crippen molar-refractivity contribution in [3.05, 3.63) is 23.8 Å². The van der Waals surface area contributed by atoms with Crippen LogP contribution in [0, 0.1) is 5.41 Å². The molecule has 1 aromatic rings. The molecule has 0 fully saturated rings. The maximum atomic E-state index is 10.2. The SMILES string of the molecule is COc1cc(OC)cc([C@@H](N)[C@@H](O)C(C)(C)C)c1. The summed E-state index contributed by atoms with van der Waals surface area (Å²) in [6.07, 6.45) is -0.644. The fourth-order valence-electron chi connectivity index (χ4n) is 1.74. The number of ether oxygens (including phenoxy) is 2. The summed E-state index contributed by atoms with van der Waals surface area (Å²) >= 11 is 0. The number of methoxy groups -OCH3 is 2. The molecule has 0 heterocycles. The first-order valence-corrected chi connectivity index (χ1v) is 5.96. The van der Waals surface area contributed by atoms with Crippen LogP contribution < -0.4 is 15.2 Å². The van der Waals surface area contributed by atoms with Crippen molar-refractivity contribution in [1.29, 1.82) is 0 Å². The summed E-state index contributed by atoms with van der Waals surface area (Å²) in [6, 6.07) is 4.94. The first-order valence-electron chi connectivity index (χ1n) is 5.96. The quantitative estimate of drug-likeness (QED) is 0.862. The van der Waals surface area contributed by atoms with Crippen LogP contribution >= 0.6 is 0 Å². The van der Waals surface area contributed by atoms with E-state index < -0.39 is 12.1 Å². The summed E-state index contributed by atoms with van der Waals surface area (Å²) in [5.41, 5.74) is 6.63. The summed E-state index contributed by atoms with van der Waals surface area (Å²) < 4.78 is 10.4. The number of aliphatic hydroxyl groups excluding tert-OH is 1. The van der Waals surface area contributed by atoms with Crippen molar-refractivity contribution in [3.63, 3.8) is 0 Å². The smallest absolute Gasteiger partial charge is 0.122 e. The highest BCUT2D eigenvalue weighted by Gasteiger charge is 2.29. The molecule has 18 heavy (non-hydrogen) atoms. The van der Waals surface area contributed by atoms with Gasteiger partial charge in [-0.15, -0.1) is 0 Å². The van der Waals surface area contributed by atoms with Gasteiger partial charge in [-0.1, -0.05) is 20.8 Å². The molecule has 4 nitrogen and oxygen atoms in total. The lowest BCUT2D eigenvalue weighted by Gasteiger charge is -2.31. The molecule has 0 saturated heterocycles. The molecule has 1 aromatic carbocycles. The summed E-state index contributed by atoms with van der Waals surface area (Å²) in [4.78, 5) is 0. The maximum Gasteiger partial charge on any atom is 0.122 e. The Morgan fingerprint density at radius 3 is 1.83 bits per heavy atom. The lowest BCUT2D eigenvalue weighted by Crippen LogP contribution is -2.36. The van der Waals surface area contributed by atoms with Crippen LogP contribution in [0.15, 0.2) is 18.2 Å². The Bertz CT molecular complexity index is 376. The first kappa shape index (κ1) is 14.8. The van der Waals surface area contributed by atoms with Crippen molar-refractivity contribution in [1.82, 2.24) is 0 Å². The highest BCUT2D eigenvalue weighted by atomic mass is 16.5. The Balaban J connectivity index is 3.08. The predicted octanol–water partition coefficient (Wildman–Crippen LogP) is 2.11. The third-order valence-electron chi connectivity index (χ3n) is 2.99. The molecule has 4 heteroatoms. The van der Waals surface area contributed by atoms with Crippen molar-refractivity contribution >= 4 is 0 Å². The Kier molecular flexibility index (Phi) is 4.59. The van der Waals surface area contributed by atoms with E-state index in [1.807, 2.05) is 32.9 Å². The maximum absolute atomic E-state index is 10.2. The van der Waals surface area contributed by atoms with Gasteiger partial charge in [0.25, 0.3) is 0 Å². The number of rotatable bonds is 4. The van der Waals surface area contributed by atoms with E-state index in [0.29, 0.717) is 11.5 Å². The van der Waals surface area contributed by atoms with E-state index >= 15 is 0 Å². The molecule has 0 aliphatic heterocycles. The average molecular weight is 253 g/mol. The van der Waals surface area contributed by atoms with Gasteiger partial charge in [-0.3, -0.25) is 0 Å².